The fourth-order valence-corrected chi connectivity index (χ4v) is 2.71. The first-order valence-electron chi connectivity index (χ1n) is 7.62. The van der Waals surface area contributed by atoms with Crippen LogP contribution in [0.1, 0.15) is 45.0 Å². The Balaban J connectivity index is 2.03. The third-order valence-corrected chi connectivity index (χ3v) is 3.89. The lowest BCUT2D eigenvalue weighted by atomic mass is 10.0. The van der Waals surface area contributed by atoms with E-state index in [1.165, 1.54) is 18.5 Å². The summed E-state index contributed by atoms with van der Waals surface area (Å²) < 4.78 is 7.93. The van der Waals surface area contributed by atoms with E-state index >= 15 is 0 Å². The Bertz CT molecular complexity index is 398. The summed E-state index contributed by atoms with van der Waals surface area (Å²) in [5.74, 6) is 0.679. The highest BCUT2D eigenvalue weighted by Gasteiger charge is 2.36. The number of nitrogens with two attached hydrogens (primary N) is 1. The van der Waals surface area contributed by atoms with E-state index in [9.17, 15) is 0 Å². The van der Waals surface area contributed by atoms with E-state index in [0.717, 1.165) is 31.7 Å². The van der Waals surface area contributed by atoms with Crippen LogP contribution in [0.4, 0.5) is 0 Å². The number of ether oxygens (including phenoxy) is 1. The molecule has 2 unspecified atom stereocenters. The minimum Gasteiger partial charge on any atom is -0.377 e. The van der Waals surface area contributed by atoms with Crippen molar-refractivity contribution < 1.29 is 4.74 Å². The molecule has 19 heavy (non-hydrogen) atoms. The Morgan fingerprint density at radius 2 is 2.16 bits per heavy atom. The van der Waals surface area contributed by atoms with Crippen molar-refractivity contribution in [2.45, 2.75) is 65.1 Å². The molecule has 1 saturated carbocycles. The van der Waals surface area contributed by atoms with E-state index in [-0.39, 0.29) is 12.1 Å². The van der Waals surface area contributed by atoms with Gasteiger partial charge in [-0.2, -0.15) is 5.10 Å². The van der Waals surface area contributed by atoms with E-state index in [4.69, 9.17) is 10.5 Å². The number of rotatable bonds is 8. The summed E-state index contributed by atoms with van der Waals surface area (Å²) in [5, 5.41) is 4.59. The average molecular weight is 265 g/mol. The fourth-order valence-electron chi connectivity index (χ4n) is 2.71. The number of nitrogens with zero attached hydrogens (tertiary/aromatic N) is 2. The molecule has 2 atom stereocenters. The minimum atomic E-state index is 0.0826. The Kier molecular flexibility index (Phi) is 4.99. The van der Waals surface area contributed by atoms with Crippen LogP contribution in [0.5, 0.6) is 0 Å². The van der Waals surface area contributed by atoms with E-state index in [0.29, 0.717) is 5.92 Å². The summed E-state index contributed by atoms with van der Waals surface area (Å²) in [6, 6.07) is 2.28. The molecule has 0 amide bonds. The summed E-state index contributed by atoms with van der Waals surface area (Å²) in [4.78, 5) is 0. The van der Waals surface area contributed by atoms with Crippen molar-refractivity contribution in [2.75, 3.05) is 6.61 Å². The molecule has 1 aliphatic carbocycles. The highest BCUT2D eigenvalue weighted by molar-refractivity contribution is 5.12. The third-order valence-electron chi connectivity index (χ3n) is 3.89. The summed E-state index contributed by atoms with van der Waals surface area (Å²) >= 11 is 0. The standard InChI is InChI=1S/C15H27N3O/c1-4-12-9-13(18(5-2)17-12)10-14(16)15(19-6-3)11-7-8-11/h9,11,14-15H,4-8,10,16H2,1-3H3. The van der Waals surface area contributed by atoms with Crippen LogP contribution < -0.4 is 5.73 Å². The number of aromatic nitrogens is 2. The van der Waals surface area contributed by atoms with Crippen molar-refractivity contribution in [3.8, 4) is 0 Å². The van der Waals surface area contributed by atoms with Gasteiger partial charge in [-0.15, -0.1) is 0 Å². The average Bonchev–Trinajstić information content (AvgIpc) is 3.17. The Morgan fingerprint density at radius 1 is 1.42 bits per heavy atom. The third kappa shape index (κ3) is 3.57. The SMILES string of the molecule is CCOC(C(N)Cc1cc(CC)nn1CC)C1CC1. The lowest BCUT2D eigenvalue weighted by Gasteiger charge is -2.23. The molecule has 0 spiro atoms. The number of hydrogen-bond acceptors (Lipinski definition) is 3. The van der Waals surface area contributed by atoms with Crippen molar-refractivity contribution in [3.05, 3.63) is 17.5 Å². The fraction of sp³-hybridized carbons (Fsp3) is 0.800. The molecule has 0 aliphatic heterocycles. The molecule has 1 aliphatic rings. The molecular formula is C15H27N3O. The van der Waals surface area contributed by atoms with Crippen molar-refractivity contribution >= 4 is 0 Å². The Morgan fingerprint density at radius 3 is 2.68 bits per heavy atom. The molecule has 4 heteroatoms. The monoisotopic (exact) mass is 265 g/mol. The van der Waals surface area contributed by atoms with E-state index < -0.39 is 0 Å². The number of hydrogen-bond donors (Lipinski definition) is 1. The van der Waals surface area contributed by atoms with Crippen LogP contribution in [0.3, 0.4) is 0 Å². The van der Waals surface area contributed by atoms with Gasteiger partial charge in [0.05, 0.1) is 11.8 Å². The van der Waals surface area contributed by atoms with Gasteiger partial charge in [0.1, 0.15) is 0 Å². The topological polar surface area (TPSA) is 53.1 Å². The smallest absolute Gasteiger partial charge is 0.0757 e. The van der Waals surface area contributed by atoms with Crippen molar-refractivity contribution in [1.29, 1.82) is 0 Å². The van der Waals surface area contributed by atoms with Gasteiger partial charge >= 0.3 is 0 Å². The molecule has 1 aromatic rings. The van der Waals surface area contributed by atoms with E-state index in [1.54, 1.807) is 0 Å². The summed E-state index contributed by atoms with van der Waals surface area (Å²) in [7, 11) is 0. The van der Waals surface area contributed by atoms with Crippen LogP contribution in [0.25, 0.3) is 0 Å². The van der Waals surface area contributed by atoms with Gasteiger partial charge in [-0.25, -0.2) is 0 Å². The highest BCUT2D eigenvalue weighted by Crippen LogP contribution is 2.36. The normalized spacial score (nSPS) is 18.5. The van der Waals surface area contributed by atoms with Crippen LogP contribution >= 0.6 is 0 Å². The zero-order valence-electron chi connectivity index (χ0n) is 12.4. The molecule has 0 bridgehead atoms. The largest absolute Gasteiger partial charge is 0.377 e. The van der Waals surface area contributed by atoms with Crippen LogP contribution in [0.15, 0.2) is 6.07 Å². The second kappa shape index (κ2) is 6.53. The zero-order chi connectivity index (χ0) is 13.8. The minimum absolute atomic E-state index is 0.0826. The zero-order valence-corrected chi connectivity index (χ0v) is 12.4. The maximum atomic E-state index is 6.39. The molecule has 0 radical (unpaired) electrons. The first-order chi connectivity index (χ1) is 9.19. The van der Waals surface area contributed by atoms with Gasteiger partial charge in [-0.3, -0.25) is 4.68 Å². The van der Waals surface area contributed by atoms with Crippen molar-refractivity contribution in [2.24, 2.45) is 11.7 Å². The van der Waals surface area contributed by atoms with Crippen LogP contribution in [0, 0.1) is 5.92 Å². The lowest BCUT2D eigenvalue weighted by Crippen LogP contribution is -2.40. The molecule has 4 nitrogen and oxygen atoms in total. The van der Waals surface area contributed by atoms with Crippen LogP contribution in [-0.2, 0) is 24.1 Å². The van der Waals surface area contributed by atoms with Gasteiger partial charge in [-0.05, 0) is 45.1 Å². The van der Waals surface area contributed by atoms with Gasteiger partial charge < -0.3 is 10.5 Å². The molecule has 0 saturated heterocycles. The molecule has 1 aromatic heterocycles. The first kappa shape index (κ1) is 14.5. The Labute approximate surface area is 116 Å². The van der Waals surface area contributed by atoms with Gasteiger partial charge in [0.25, 0.3) is 0 Å². The quantitative estimate of drug-likeness (QED) is 0.783. The van der Waals surface area contributed by atoms with Gasteiger partial charge in [-0.1, -0.05) is 6.92 Å². The lowest BCUT2D eigenvalue weighted by molar-refractivity contribution is 0.0284. The number of aryl methyl sites for hydroxylation is 2. The Hall–Kier alpha value is -0.870. The maximum Gasteiger partial charge on any atom is 0.0757 e. The van der Waals surface area contributed by atoms with Gasteiger partial charge in [0.15, 0.2) is 0 Å². The van der Waals surface area contributed by atoms with E-state index in [2.05, 4.69) is 29.7 Å². The van der Waals surface area contributed by atoms with Crippen LogP contribution in [-0.4, -0.2) is 28.5 Å². The molecule has 0 aromatic carbocycles. The predicted molar refractivity (Wildman–Crippen MR) is 77.1 cm³/mol. The second-order valence-corrected chi connectivity index (χ2v) is 5.42. The van der Waals surface area contributed by atoms with Gasteiger partial charge in [0.2, 0.25) is 0 Å². The molecule has 1 heterocycles. The highest BCUT2D eigenvalue weighted by atomic mass is 16.5. The van der Waals surface area contributed by atoms with Crippen molar-refractivity contribution in [3.63, 3.8) is 0 Å². The van der Waals surface area contributed by atoms with Crippen LogP contribution in [0.2, 0.25) is 0 Å². The maximum absolute atomic E-state index is 6.39. The second-order valence-electron chi connectivity index (χ2n) is 5.42. The predicted octanol–water partition coefficient (Wildman–Crippen LogP) is 2.15. The summed E-state index contributed by atoms with van der Waals surface area (Å²) in [6.07, 6.45) is 4.60. The van der Waals surface area contributed by atoms with E-state index in [1.807, 2.05) is 6.92 Å². The molecule has 2 rings (SSSR count). The first-order valence-corrected chi connectivity index (χ1v) is 7.62. The molecular weight excluding hydrogens is 238 g/mol. The van der Waals surface area contributed by atoms with Gasteiger partial charge in [0, 0.05) is 31.3 Å². The molecule has 1 fully saturated rings. The molecule has 2 N–H and O–H groups in total. The summed E-state index contributed by atoms with van der Waals surface area (Å²) in [5.41, 5.74) is 8.79. The molecule has 108 valence electrons. The van der Waals surface area contributed by atoms with Crippen molar-refractivity contribution in [1.82, 2.24) is 9.78 Å². The summed E-state index contributed by atoms with van der Waals surface area (Å²) in [6.45, 7) is 7.97.